The molecule has 3 rings (SSSR count). The van der Waals surface area contributed by atoms with Gasteiger partial charge in [0.25, 0.3) is 15.9 Å². The van der Waals surface area contributed by atoms with Crippen LogP contribution < -0.4 is 9.62 Å². The first-order chi connectivity index (χ1) is 14.2. The number of hydrogen-bond donors (Lipinski definition) is 1. The van der Waals surface area contributed by atoms with Gasteiger partial charge in [-0.25, -0.2) is 8.42 Å². The summed E-state index contributed by atoms with van der Waals surface area (Å²) in [6.07, 6.45) is 0. The summed E-state index contributed by atoms with van der Waals surface area (Å²) in [5.41, 5.74) is 3.69. The molecule has 0 aromatic heterocycles. The third-order valence-corrected chi connectivity index (χ3v) is 7.02. The number of aryl methyl sites for hydroxylation is 2. The van der Waals surface area contributed by atoms with Gasteiger partial charge in [0.2, 0.25) is 0 Å². The van der Waals surface area contributed by atoms with Crippen molar-refractivity contribution in [3.63, 3.8) is 0 Å². The normalized spacial score (nSPS) is 11.2. The van der Waals surface area contributed by atoms with Crippen LogP contribution in [0.2, 0.25) is 5.02 Å². The third kappa shape index (κ3) is 4.66. The molecule has 3 aromatic carbocycles. The van der Waals surface area contributed by atoms with Crippen molar-refractivity contribution in [2.75, 3.05) is 11.4 Å². The van der Waals surface area contributed by atoms with Gasteiger partial charge in [0.15, 0.2) is 0 Å². The van der Waals surface area contributed by atoms with Crippen LogP contribution in [0.1, 0.15) is 27.0 Å². The fraction of sp³-hybridized carbons (Fsp3) is 0.174. The minimum Gasteiger partial charge on any atom is -0.348 e. The third-order valence-electron chi connectivity index (χ3n) is 4.98. The number of sulfonamides is 1. The van der Waals surface area contributed by atoms with E-state index in [1.807, 2.05) is 31.2 Å². The van der Waals surface area contributed by atoms with Gasteiger partial charge < -0.3 is 5.32 Å². The van der Waals surface area contributed by atoms with Gasteiger partial charge in [-0.05, 0) is 66.9 Å². The van der Waals surface area contributed by atoms with Crippen LogP contribution in [0, 0.1) is 13.8 Å². The lowest BCUT2D eigenvalue weighted by Gasteiger charge is -2.22. The molecular weight excluding hydrogens is 420 g/mol. The summed E-state index contributed by atoms with van der Waals surface area (Å²) in [6.45, 7) is 4.19. The summed E-state index contributed by atoms with van der Waals surface area (Å²) in [6, 6.07) is 18.8. The molecule has 30 heavy (non-hydrogen) atoms. The lowest BCUT2D eigenvalue weighted by atomic mass is 10.1. The predicted molar refractivity (Wildman–Crippen MR) is 121 cm³/mol. The minimum atomic E-state index is -3.79. The van der Waals surface area contributed by atoms with E-state index in [1.54, 1.807) is 25.1 Å². The number of halogens is 1. The molecule has 0 fully saturated rings. The smallest absolute Gasteiger partial charge is 0.264 e. The van der Waals surface area contributed by atoms with Crippen molar-refractivity contribution in [3.05, 3.63) is 94.0 Å². The SMILES string of the molecule is Cc1ccccc1CNC(=O)c1ccc(C)c(N(C)S(=O)(=O)c2ccc(Cl)cc2)c1. The largest absolute Gasteiger partial charge is 0.348 e. The Balaban J connectivity index is 1.84. The Kier molecular flexibility index (Phi) is 6.48. The second-order valence-corrected chi connectivity index (χ2v) is 9.44. The Labute approximate surface area is 182 Å². The summed E-state index contributed by atoms with van der Waals surface area (Å²) in [7, 11) is -2.32. The molecule has 0 radical (unpaired) electrons. The zero-order valence-corrected chi connectivity index (χ0v) is 18.6. The van der Waals surface area contributed by atoms with Crippen molar-refractivity contribution in [2.24, 2.45) is 0 Å². The molecule has 5 nitrogen and oxygen atoms in total. The molecule has 0 spiro atoms. The maximum Gasteiger partial charge on any atom is 0.264 e. The van der Waals surface area contributed by atoms with Crippen molar-refractivity contribution in [1.82, 2.24) is 5.32 Å². The van der Waals surface area contributed by atoms with E-state index in [1.165, 1.54) is 35.6 Å². The number of nitrogens with one attached hydrogen (secondary N) is 1. The number of hydrogen-bond acceptors (Lipinski definition) is 3. The van der Waals surface area contributed by atoms with Crippen LogP contribution in [0.5, 0.6) is 0 Å². The number of amides is 1. The van der Waals surface area contributed by atoms with E-state index < -0.39 is 10.0 Å². The molecule has 0 saturated heterocycles. The fourth-order valence-electron chi connectivity index (χ4n) is 3.07. The number of benzene rings is 3. The topological polar surface area (TPSA) is 66.5 Å². The Hall–Kier alpha value is -2.83. The molecular formula is C23H23ClN2O3S. The first-order valence-electron chi connectivity index (χ1n) is 9.38. The summed E-state index contributed by atoms with van der Waals surface area (Å²) >= 11 is 5.87. The standard InChI is InChI=1S/C23H23ClN2O3S/c1-16-6-4-5-7-19(16)15-25-23(27)18-9-8-17(2)22(14-18)26(3)30(28,29)21-12-10-20(24)11-13-21/h4-14H,15H2,1-3H3,(H,25,27). The van der Waals surface area contributed by atoms with Gasteiger partial charge >= 0.3 is 0 Å². The highest BCUT2D eigenvalue weighted by atomic mass is 35.5. The zero-order chi connectivity index (χ0) is 21.9. The van der Waals surface area contributed by atoms with Crippen LogP contribution in [-0.4, -0.2) is 21.4 Å². The summed E-state index contributed by atoms with van der Waals surface area (Å²) < 4.78 is 27.2. The van der Waals surface area contributed by atoms with Crippen molar-refractivity contribution in [2.45, 2.75) is 25.3 Å². The van der Waals surface area contributed by atoms with E-state index in [2.05, 4.69) is 5.32 Å². The summed E-state index contributed by atoms with van der Waals surface area (Å²) in [5.74, 6) is -0.267. The maximum atomic E-state index is 13.0. The van der Waals surface area contributed by atoms with Gasteiger partial charge in [0.1, 0.15) is 0 Å². The van der Waals surface area contributed by atoms with E-state index in [0.29, 0.717) is 22.8 Å². The average Bonchev–Trinajstić information content (AvgIpc) is 2.73. The molecule has 1 N–H and O–H groups in total. The maximum absolute atomic E-state index is 13.0. The Bertz CT molecular complexity index is 1180. The lowest BCUT2D eigenvalue weighted by Crippen LogP contribution is -2.28. The number of carbonyl (C=O) groups is 1. The monoisotopic (exact) mass is 442 g/mol. The van der Waals surface area contributed by atoms with Gasteiger partial charge in [-0.2, -0.15) is 0 Å². The Morgan fingerprint density at radius 3 is 2.30 bits per heavy atom. The quantitative estimate of drug-likeness (QED) is 0.601. The predicted octanol–water partition coefficient (Wildman–Crippen LogP) is 4.71. The summed E-state index contributed by atoms with van der Waals surface area (Å²) in [4.78, 5) is 12.8. The first-order valence-corrected chi connectivity index (χ1v) is 11.2. The zero-order valence-electron chi connectivity index (χ0n) is 17.0. The molecule has 1 amide bonds. The van der Waals surface area contributed by atoms with E-state index >= 15 is 0 Å². The average molecular weight is 443 g/mol. The van der Waals surface area contributed by atoms with E-state index in [9.17, 15) is 13.2 Å². The van der Waals surface area contributed by atoms with Gasteiger partial charge in [0.05, 0.1) is 10.6 Å². The van der Waals surface area contributed by atoms with Crippen molar-refractivity contribution < 1.29 is 13.2 Å². The fourth-order valence-corrected chi connectivity index (χ4v) is 4.45. The lowest BCUT2D eigenvalue weighted by molar-refractivity contribution is 0.0951. The number of rotatable bonds is 6. The minimum absolute atomic E-state index is 0.128. The van der Waals surface area contributed by atoms with Gasteiger partial charge in [0, 0.05) is 24.2 Å². The van der Waals surface area contributed by atoms with Crippen LogP contribution in [0.15, 0.2) is 71.6 Å². The first kappa shape index (κ1) is 21.9. The molecule has 0 aliphatic heterocycles. The van der Waals surface area contributed by atoms with Crippen LogP contribution in [-0.2, 0) is 16.6 Å². The molecule has 0 aliphatic carbocycles. The Morgan fingerprint density at radius 2 is 1.63 bits per heavy atom. The summed E-state index contributed by atoms with van der Waals surface area (Å²) in [5, 5.41) is 3.36. The van der Waals surface area contributed by atoms with Crippen LogP contribution >= 0.6 is 11.6 Å². The molecule has 7 heteroatoms. The van der Waals surface area contributed by atoms with Crippen LogP contribution in [0.25, 0.3) is 0 Å². The molecule has 0 aliphatic rings. The van der Waals surface area contributed by atoms with E-state index in [4.69, 9.17) is 11.6 Å². The molecule has 0 saturated carbocycles. The highest BCUT2D eigenvalue weighted by molar-refractivity contribution is 7.92. The second-order valence-electron chi connectivity index (χ2n) is 7.04. The van der Waals surface area contributed by atoms with Crippen molar-refractivity contribution in [3.8, 4) is 0 Å². The molecule has 0 bridgehead atoms. The van der Waals surface area contributed by atoms with Crippen molar-refractivity contribution >= 4 is 33.2 Å². The van der Waals surface area contributed by atoms with E-state index in [-0.39, 0.29) is 10.8 Å². The van der Waals surface area contributed by atoms with Gasteiger partial charge in [-0.1, -0.05) is 41.9 Å². The highest BCUT2D eigenvalue weighted by Gasteiger charge is 2.23. The van der Waals surface area contributed by atoms with Crippen molar-refractivity contribution in [1.29, 1.82) is 0 Å². The van der Waals surface area contributed by atoms with Gasteiger partial charge in [-0.3, -0.25) is 9.10 Å². The number of nitrogens with zero attached hydrogens (tertiary/aromatic N) is 1. The number of anilines is 1. The molecule has 0 atom stereocenters. The van der Waals surface area contributed by atoms with E-state index in [0.717, 1.165) is 16.7 Å². The molecule has 0 unspecified atom stereocenters. The Morgan fingerprint density at radius 1 is 0.967 bits per heavy atom. The van der Waals surface area contributed by atoms with Crippen LogP contribution in [0.4, 0.5) is 5.69 Å². The molecule has 0 heterocycles. The highest BCUT2D eigenvalue weighted by Crippen LogP contribution is 2.27. The van der Waals surface area contributed by atoms with Gasteiger partial charge in [-0.15, -0.1) is 0 Å². The number of carbonyl (C=O) groups excluding carboxylic acids is 1. The second kappa shape index (κ2) is 8.90. The molecule has 3 aromatic rings. The molecule has 156 valence electrons. The van der Waals surface area contributed by atoms with Crippen LogP contribution in [0.3, 0.4) is 0 Å².